The third-order valence-electron chi connectivity index (χ3n) is 4.31. The van der Waals surface area contributed by atoms with E-state index in [4.69, 9.17) is 0 Å². The number of rotatable bonds is 4. The summed E-state index contributed by atoms with van der Waals surface area (Å²) in [5.74, 6) is 0.574. The molecule has 1 aromatic heterocycles. The lowest BCUT2D eigenvalue weighted by Gasteiger charge is -2.18. The van der Waals surface area contributed by atoms with Crippen molar-refractivity contribution in [3.63, 3.8) is 0 Å². The number of hydrogen-bond donors (Lipinski definition) is 1. The lowest BCUT2D eigenvalue weighted by molar-refractivity contribution is 0.0928. The average molecular weight is 312 g/mol. The second-order valence-corrected chi connectivity index (χ2v) is 8.05. The zero-order chi connectivity index (χ0) is 15.2. The molecule has 7 nitrogen and oxygen atoms in total. The molecule has 2 aliphatic rings. The van der Waals surface area contributed by atoms with Crippen LogP contribution in [-0.4, -0.2) is 53.8 Å². The minimum atomic E-state index is -3.20. The Balaban J connectivity index is 1.72. The van der Waals surface area contributed by atoms with Gasteiger partial charge in [-0.15, -0.1) is 0 Å². The normalized spacial score (nSPS) is 27.0. The van der Waals surface area contributed by atoms with Gasteiger partial charge in [-0.3, -0.25) is 9.48 Å². The third kappa shape index (κ3) is 3.11. The van der Waals surface area contributed by atoms with Crippen molar-refractivity contribution in [3.05, 3.63) is 18.0 Å². The van der Waals surface area contributed by atoms with Gasteiger partial charge in [0.1, 0.15) is 0 Å². The Kier molecular flexibility index (Phi) is 3.53. The summed E-state index contributed by atoms with van der Waals surface area (Å²) in [7, 11) is -1.45. The minimum absolute atomic E-state index is 0.111. The van der Waals surface area contributed by atoms with E-state index >= 15 is 0 Å². The molecule has 1 saturated heterocycles. The summed E-state index contributed by atoms with van der Waals surface area (Å²) in [5, 5.41) is 6.97. The van der Waals surface area contributed by atoms with E-state index in [9.17, 15) is 13.2 Å². The molecule has 1 aromatic rings. The standard InChI is InChI=1S/C13H20N4O3S/c1-16-6-10(5-14-16)13(18)15-12-8-17(21(2,19)20)7-11(12)9-3-4-9/h5-6,9,11-12H,3-4,7-8H2,1-2H3,(H,15,18)/t11-,12+/m0/s1. The van der Waals surface area contributed by atoms with Crippen molar-refractivity contribution in [2.45, 2.75) is 18.9 Å². The number of hydrogen-bond acceptors (Lipinski definition) is 4. The molecule has 1 aliphatic heterocycles. The molecule has 0 bridgehead atoms. The summed E-state index contributed by atoms with van der Waals surface area (Å²) >= 11 is 0. The third-order valence-corrected chi connectivity index (χ3v) is 5.55. The highest BCUT2D eigenvalue weighted by Crippen LogP contribution is 2.41. The summed E-state index contributed by atoms with van der Waals surface area (Å²) < 4.78 is 26.5. The largest absolute Gasteiger partial charge is 0.348 e. The number of carbonyl (C=O) groups is 1. The maximum atomic E-state index is 12.2. The molecule has 0 unspecified atom stereocenters. The smallest absolute Gasteiger partial charge is 0.254 e. The van der Waals surface area contributed by atoms with Gasteiger partial charge in [0.05, 0.1) is 18.0 Å². The van der Waals surface area contributed by atoms with Crippen LogP contribution in [0.2, 0.25) is 0 Å². The van der Waals surface area contributed by atoms with E-state index in [1.807, 2.05) is 0 Å². The summed E-state index contributed by atoms with van der Waals surface area (Å²) in [5.41, 5.74) is 0.504. The summed E-state index contributed by atoms with van der Waals surface area (Å²) in [6, 6.07) is -0.111. The van der Waals surface area contributed by atoms with Gasteiger partial charge >= 0.3 is 0 Å². The van der Waals surface area contributed by atoms with Crippen LogP contribution in [0.1, 0.15) is 23.2 Å². The highest BCUT2D eigenvalue weighted by molar-refractivity contribution is 7.88. The zero-order valence-corrected chi connectivity index (χ0v) is 13.0. The molecule has 1 N–H and O–H groups in total. The van der Waals surface area contributed by atoms with E-state index in [0.29, 0.717) is 24.6 Å². The molecule has 0 spiro atoms. The average Bonchev–Trinajstić information content (AvgIpc) is 2.99. The van der Waals surface area contributed by atoms with Crippen LogP contribution in [0.4, 0.5) is 0 Å². The molecule has 2 heterocycles. The van der Waals surface area contributed by atoms with Gasteiger partial charge in [-0.05, 0) is 24.7 Å². The number of sulfonamides is 1. The van der Waals surface area contributed by atoms with Crippen molar-refractivity contribution in [2.75, 3.05) is 19.3 Å². The van der Waals surface area contributed by atoms with Crippen LogP contribution >= 0.6 is 0 Å². The topological polar surface area (TPSA) is 84.3 Å². The predicted octanol–water partition coefficient (Wildman–Crippen LogP) is -0.180. The van der Waals surface area contributed by atoms with E-state index in [-0.39, 0.29) is 17.9 Å². The van der Waals surface area contributed by atoms with Crippen LogP contribution in [0.25, 0.3) is 0 Å². The molecule has 1 aliphatic carbocycles. The van der Waals surface area contributed by atoms with Crippen molar-refractivity contribution in [2.24, 2.45) is 18.9 Å². The second-order valence-electron chi connectivity index (χ2n) is 6.06. The maximum absolute atomic E-state index is 12.2. The Morgan fingerprint density at radius 2 is 2.10 bits per heavy atom. The molecular formula is C13H20N4O3S. The molecule has 2 atom stereocenters. The maximum Gasteiger partial charge on any atom is 0.254 e. The molecule has 21 heavy (non-hydrogen) atoms. The minimum Gasteiger partial charge on any atom is -0.348 e. The number of nitrogens with zero attached hydrogens (tertiary/aromatic N) is 3. The number of nitrogens with one attached hydrogen (secondary N) is 1. The van der Waals surface area contributed by atoms with E-state index in [1.54, 1.807) is 17.9 Å². The van der Waals surface area contributed by atoms with E-state index in [2.05, 4.69) is 10.4 Å². The Morgan fingerprint density at radius 1 is 1.38 bits per heavy atom. The lowest BCUT2D eigenvalue weighted by atomic mass is 9.98. The predicted molar refractivity (Wildman–Crippen MR) is 77.1 cm³/mol. The fourth-order valence-corrected chi connectivity index (χ4v) is 3.88. The first-order chi connectivity index (χ1) is 9.84. The molecular weight excluding hydrogens is 292 g/mol. The highest BCUT2D eigenvalue weighted by atomic mass is 32.2. The number of aryl methyl sites for hydroxylation is 1. The zero-order valence-electron chi connectivity index (χ0n) is 12.2. The first-order valence-corrected chi connectivity index (χ1v) is 8.94. The van der Waals surface area contributed by atoms with Crippen molar-refractivity contribution in [3.8, 4) is 0 Å². The fourth-order valence-electron chi connectivity index (χ4n) is 3.01. The molecule has 8 heteroatoms. The van der Waals surface area contributed by atoms with Crippen LogP contribution in [0.5, 0.6) is 0 Å². The molecule has 1 saturated carbocycles. The fraction of sp³-hybridized carbons (Fsp3) is 0.692. The van der Waals surface area contributed by atoms with Gasteiger partial charge in [-0.1, -0.05) is 0 Å². The quantitative estimate of drug-likeness (QED) is 0.836. The van der Waals surface area contributed by atoms with Gasteiger partial charge in [0, 0.05) is 32.4 Å². The van der Waals surface area contributed by atoms with Gasteiger partial charge in [0.2, 0.25) is 10.0 Å². The summed E-state index contributed by atoms with van der Waals surface area (Å²) in [6.45, 7) is 0.882. The Hall–Kier alpha value is -1.41. The van der Waals surface area contributed by atoms with Gasteiger partial charge in [0.15, 0.2) is 0 Å². The van der Waals surface area contributed by atoms with E-state index < -0.39 is 10.0 Å². The first-order valence-electron chi connectivity index (χ1n) is 7.09. The molecule has 2 fully saturated rings. The van der Waals surface area contributed by atoms with Crippen LogP contribution < -0.4 is 5.32 Å². The van der Waals surface area contributed by atoms with Crippen LogP contribution in [-0.2, 0) is 17.1 Å². The molecule has 1 amide bonds. The molecule has 0 aromatic carbocycles. The summed E-state index contributed by atoms with van der Waals surface area (Å²) in [6.07, 6.45) is 6.65. The van der Waals surface area contributed by atoms with Crippen molar-refractivity contribution < 1.29 is 13.2 Å². The van der Waals surface area contributed by atoms with Crippen LogP contribution in [0.3, 0.4) is 0 Å². The van der Waals surface area contributed by atoms with Crippen LogP contribution in [0, 0.1) is 11.8 Å². The number of amides is 1. The molecule has 0 radical (unpaired) electrons. The van der Waals surface area contributed by atoms with Crippen molar-refractivity contribution in [1.82, 2.24) is 19.4 Å². The molecule has 116 valence electrons. The van der Waals surface area contributed by atoms with E-state index in [0.717, 1.165) is 12.8 Å². The SMILES string of the molecule is Cn1cc(C(=O)N[C@@H]2CN(S(C)(=O)=O)C[C@H]2C2CC2)cn1. The van der Waals surface area contributed by atoms with Gasteiger partial charge in [0.25, 0.3) is 5.91 Å². The monoisotopic (exact) mass is 312 g/mol. The Bertz CT molecular complexity index is 650. The van der Waals surface area contributed by atoms with Crippen LogP contribution in [0.15, 0.2) is 12.4 Å². The summed E-state index contributed by atoms with van der Waals surface area (Å²) in [4.78, 5) is 12.2. The van der Waals surface area contributed by atoms with Crippen molar-refractivity contribution >= 4 is 15.9 Å². The van der Waals surface area contributed by atoms with Gasteiger partial charge < -0.3 is 5.32 Å². The Labute approximate surface area is 124 Å². The molecule has 3 rings (SSSR count). The van der Waals surface area contributed by atoms with Gasteiger partial charge in [-0.25, -0.2) is 8.42 Å². The number of carbonyl (C=O) groups excluding carboxylic acids is 1. The Morgan fingerprint density at radius 3 is 2.62 bits per heavy atom. The highest BCUT2D eigenvalue weighted by Gasteiger charge is 2.45. The van der Waals surface area contributed by atoms with E-state index in [1.165, 1.54) is 16.8 Å². The second kappa shape index (κ2) is 5.10. The van der Waals surface area contributed by atoms with Crippen molar-refractivity contribution in [1.29, 1.82) is 0 Å². The lowest BCUT2D eigenvalue weighted by Crippen LogP contribution is -2.41. The first kappa shape index (κ1) is 14.5. The van der Waals surface area contributed by atoms with Gasteiger partial charge in [-0.2, -0.15) is 9.40 Å². The number of aromatic nitrogens is 2.